The highest BCUT2D eigenvalue weighted by molar-refractivity contribution is 6.34. The second kappa shape index (κ2) is 8.27. The van der Waals surface area contributed by atoms with Gasteiger partial charge >= 0.3 is 6.18 Å². The number of amides is 1. The fraction of sp³-hybridized carbons (Fsp3) is 0.381. The molecule has 162 valence electrons. The Labute approximate surface area is 181 Å². The summed E-state index contributed by atoms with van der Waals surface area (Å²) in [6.07, 6.45) is 0.302. The van der Waals surface area contributed by atoms with Crippen molar-refractivity contribution in [2.45, 2.75) is 43.6 Å². The number of alkyl halides is 3. The van der Waals surface area contributed by atoms with E-state index in [9.17, 15) is 23.2 Å². The zero-order chi connectivity index (χ0) is 22.2. The van der Waals surface area contributed by atoms with Gasteiger partial charge in [-0.25, -0.2) is 4.98 Å². The number of ether oxygens (including phenoxy) is 1. The second-order valence-corrected chi connectivity index (χ2v) is 7.99. The first kappa shape index (κ1) is 21.2. The summed E-state index contributed by atoms with van der Waals surface area (Å²) < 4.78 is 41.7. The molecule has 1 aromatic heterocycles. The van der Waals surface area contributed by atoms with Gasteiger partial charge in [-0.2, -0.15) is 18.4 Å². The predicted octanol–water partition coefficient (Wildman–Crippen LogP) is 4.16. The minimum atomic E-state index is -4.46. The van der Waals surface area contributed by atoms with E-state index in [4.69, 9.17) is 11.6 Å². The number of benzene rings is 1. The molecule has 6 nitrogen and oxygen atoms in total. The van der Waals surface area contributed by atoms with E-state index in [0.717, 1.165) is 19.3 Å². The maximum absolute atomic E-state index is 12.7. The fourth-order valence-corrected chi connectivity index (χ4v) is 4.48. The molecule has 2 aliphatic rings. The highest BCUT2D eigenvalue weighted by Crippen LogP contribution is 2.37. The molecule has 2 fully saturated rings. The normalized spacial score (nSPS) is 22.3. The van der Waals surface area contributed by atoms with Gasteiger partial charge in [0.25, 0.3) is 5.91 Å². The Morgan fingerprint density at radius 3 is 2.81 bits per heavy atom. The summed E-state index contributed by atoms with van der Waals surface area (Å²) in [5.74, 6) is -0.492. The van der Waals surface area contributed by atoms with Crippen molar-refractivity contribution in [2.75, 3.05) is 6.61 Å². The Morgan fingerprint density at radius 2 is 2.13 bits per heavy atom. The smallest absolute Gasteiger partial charge is 0.422 e. The molecule has 2 aliphatic heterocycles. The molecule has 1 N–H and O–H groups in total. The van der Waals surface area contributed by atoms with Crippen LogP contribution in [0, 0.1) is 11.5 Å². The predicted molar refractivity (Wildman–Crippen MR) is 106 cm³/mol. The molecule has 0 spiro atoms. The van der Waals surface area contributed by atoms with Crippen LogP contribution < -0.4 is 10.1 Å². The van der Waals surface area contributed by atoms with Gasteiger partial charge in [0.15, 0.2) is 12.8 Å². The van der Waals surface area contributed by atoms with Gasteiger partial charge in [0.05, 0.1) is 28.4 Å². The standard InChI is InChI=1S/C21H18ClF3N4O2/c22-15-8-12(16-2-1-3-19(27-16)31-10-21(23,24)25)4-6-14(15)20(30)28-17-9-13-5-7-18(17)29(13)11-26/h1-4,6,8,13,17-18H,5,7,9-10H2,(H,28,30)/t13-,17+,18+/m0/s1. The van der Waals surface area contributed by atoms with Crippen molar-refractivity contribution in [3.63, 3.8) is 0 Å². The first-order chi connectivity index (χ1) is 14.7. The lowest BCUT2D eigenvalue weighted by Gasteiger charge is -2.22. The van der Waals surface area contributed by atoms with Crippen molar-refractivity contribution in [3.05, 3.63) is 47.0 Å². The lowest BCUT2D eigenvalue weighted by molar-refractivity contribution is -0.154. The Hall–Kier alpha value is -2.99. The van der Waals surface area contributed by atoms with Crippen molar-refractivity contribution >= 4 is 17.5 Å². The number of nitrogens with zero attached hydrogens (tertiary/aromatic N) is 3. The van der Waals surface area contributed by atoms with Crippen molar-refractivity contribution in [1.29, 1.82) is 5.26 Å². The number of nitrogens with one attached hydrogen (secondary N) is 1. The summed E-state index contributed by atoms with van der Waals surface area (Å²) in [4.78, 5) is 18.6. The largest absolute Gasteiger partial charge is 0.468 e. The molecule has 0 saturated carbocycles. The van der Waals surface area contributed by atoms with E-state index < -0.39 is 12.8 Å². The van der Waals surface area contributed by atoms with Crippen LogP contribution in [-0.4, -0.2) is 46.7 Å². The summed E-state index contributed by atoms with van der Waals surface area (Å²) >= 11 is 6.32. The lowest BCUT2D eigenvalue weighted by Crippen LogP contribution is -2.43. The van der Waals surface area contributed by atoms with Crippen LogP contribution in [-0.2, 0) is 0 Å². The number of pyridine rings is 1. The number of carbonyl (C=O) groups excluding carboxylic acids is 1. The third-order valence-corrected chi connectivity index (χ3v) is 5.90. The molecule has 3 heterocycles. The highest BCUT2D eigenvalue weighted by Gasteiger charge is 2.46. The summed E-state index contributed by atoms with van der Waals surface area (Å²) in [6, 6.07) is 9.26. The van der Waals surface area contributed by atoms with Crippen LogP contribution in [0.5, 0.6) is 5.88 Å². The first-order valence-corrected chi connectivity index (χ1v) is 10.1. The summed E-state index contributed by atoms with van der Waals surface area (Å²) in [5, 5.41) is 12.4. The van der Waals surface area contributed by atoms with Gasteiger partial charge in [0.1, 0.15) is 0 Å². The molecule has 1 amide bonds. The molecule has 0 radical (unpaired) electrons. The van der Waals surface area contributed by atoms with Gasteiger partial charge in [-0.1, -0.05) is 23.7 Å². The Morgan fingerprint density at radius 1 is 1.32 bits per heavy atom. The molecule has 2 bridgehead atoms. The fourth-order valence-electron chi connectivity index (χ4n) is 4.22. The van der Waals surface area contributed by atoms with Gasteiger partial charge in [0, 0.05) is 17.7 Å². The van der Waals surface area contributed by atoms with Crippen LogP contribution in [0.2, 0.25) is 5.02 Å². The number of rotatable bonds is 5. The van der Waals surface area contributed by atoms with E-state index in [1.807, 2.05) is 0 Å². The van der Waals surface area contributed by atoms with Gasteiger partial charge in [0.2, 0.25) is 5.88 Å². The molecule has 31 heavy (non-hydrogen) atoms. The summed E-state index contributed by atoms with van der Waals surface area (Å²) in [6.45, 7) is -1.43. The monoisotopic (exact) mass is 450 g/mol. The van der Waals surface area contributed by atoms with Gasteiger partial charge < -0.3 is 15.0 Å². The Bertz CT molecular complexity index is 1040. The third-order valence-electron chi connectivity index (χ3n) is 5.59. The number of carbonyl (C=O) groups is 1. The molecule has 2 aromatic rings. The van der Waals surface area contributed by atoms with Crippen molar-refractivity contribution in [3.8, 4) is 23.3 Å². The van der Waals surface area contributed by atoms with Crippen LogP contribution in [0.15, 0.2) is 36.4 Å². The van der Waals surface area contributed by atoms with Crippen LogP contribution in [0.3, 0.4) is 0 Å². The molecule has 1 aromatic carbocycles. The molecular formula is C21H18ClF3N4O2. The average molecular weight is 451 g/mol. The summed E-state index contributed by atoms with van der Waals surface area (Å²) in [5.41, 5.74) is 1.18. The first-order valence-electron chi connectivity index (χ1n) is 9.70. The second-order valence-electron chi connectivity index (χ2n) is 7.58. The zero-order valence-electron chi connectivity index (χ0n) is 16.2. The molecule has 4 rings (SSSR count). The van der Waals surface area contributed by atoms with E-state index in [2.05, 4.69) is 21.2 Å². The van der Waals surface area contributed by atoms with Crippen molar-refractivity contribution in [1.82, 2.24) is 15.2 Å². The Kier molecular flexibility index (Phi) is 5.67. The summed E-state index contributed by atoms with van der Waals surface area (Å²) in [7, 11) is 0. The van der Waals surface area contributed by atoms with E-state index in [1.54, 1.807) is 23.1 Å². The lowest BCUT2D eigenvalue weighted by atomic mass is 9.95. The maximum Gasteiger partial charge on any atom is 0.422 e. The van der Waals surface area contributed by atoms with Crippen molar-refractivity contribution < 1.29 is 22.7 Å². The number of fused-ring (bicyclic) bond motifs is 2. The van der Waals surface area contributed by atoms with Crippen LogP contribution in [0.25, 0.3) is 11.3 Å². The average Bonchev–Trinajstić information content (AvgIpc) is 3.28. The molecule has 10 heteroatoms. The maximum atomic E-state index is 12.7. The molecule has 0 aliphatic carbocycles. The van der Waals surface area contributed by atoms with Gasteiger partial charge in [-0.15, -0.1) is 0 Å². The quantitative estimate of drug-likeness (QED) is 0.692. The molecule has 2 saturated heterocycles. The Balaban J connectivity index is 1.46. The minimum absolute atomic E-state index is 0.0145. The molecule has 3 atom stereocenters. The van der Waals surface area contributed by atoms with Crippen LogP contribution >= 0.6 is 11.6 Å². The molecule has 0 unspecified atom stereocenters. The number of aromatic nitrogens is 1. The van der Waals surface area contributed by atoms with Crippen LogP contribution in [0.4, 0.5) is 13.2 Å². The SMILES string of the molecule is N#CN1[C@H]2CC[C@@H]1[C@H](NC(=O)c1ccc(-c3cccc(OCC(F)(F)F)n3)cc1Cl)C2. The number of hydrogen-bond donors (Lipinski definition) is 1. The topological polar surface area (TPSA) is 78.2 Å². The highest BCUT2D eigenvalue weighted by atomic mass is 35.5. The van der Waals surface area contributed by atoms with E-state index >= 15 is 0 Å². The van der Waals surface area contributed by atoms with E-state index in [0.29, 0.717) is 11.3 Å². The number of nitriles is 1. The van der Waals surface area contributed by atoms with Gasteiger partial charge in [-0.05, 0) is 37.5 Å². The van der Waals surface area contributed by atoms with Gasteiger partial charge in [-0.3, -0.25) is 4.79 Å². The minimum Gasteiger partial charge on any atom is -0.468 e. The zero-order valence-corrected chi connectivity index (χ0v) is 17.0. The third kappa shape index (κ3) is 4.54. The molecular weight excluding hydrogens is 433 g/mol. The number of hydrogen-bond acceptors (Lipinski definition) is 5. The van der Waals surface area contributed by atoms with Crippen molar-refractivity contribution in [2.24, 2.45) is 0 Å². The van der Waals surface area contributed by atoms with Crippen LogP contribution in [0.1, 0.15) is 29.6 Å². The number of halogens is 4. The van der Waals surface area contributed by atoms with E-state index in [1.165, 1.54) is 18.2 Å². The van der Waals surface area contributed by atoms with E-state index in [-0.39, 0.29) is 40.5 Å².